The third-order valence-corrected chi connectivity index (χ3v) is 3.09. The van der Waals surface area contributed by atoms with Crippen molar-refractivity contribution in [2.45, 2.75) is 18.9 Å². The molecule has 7 nitrogen and oxygen atoms in total. The van der Waals surface area contributed by atoms with E-state index in [1.807, 2.05) is 0 Å². The molecule has 1 saturated heterocycles. The molecule has 4 N–H and O–H groups in total. The highest BCUT2D eigenvalue weighted by Crippen LogP contribution is 2.09. The van der Waals surface area contributed by atoms with Crippen LogP contribution in [0.4, 0.5) is 5.82 Å². The van der Waals surface area contributed by atoms with E-state index in [0.717, 1.165) is 25.9 Å². The molecular formula is C11H18N6O. The number of hydrogen-bond donors (Lipinski definition) is 3. The van der Waals surface area contributed by atoms with E-state index >= 15 is 0 Å². The Morgan fingerprint density at radius 3 is 2.67 bits per heavy atom. The smallest absolute Gasteiger partial charge is 0.271 e. The van der Waals surface area contributed by atoms with Gasteiger partial charge >= 0.3 is 0 Å². The fourth-order valence-corrected chi connectivity index (χ4v) is 1.93. The first kappa shape index (κ1) is 12.7. The summed E-state index contributed by atoms with van der Waals surface area (Å²) in [7, 11) is 2.09. The predicted molar refractivity (Wildman–Crippen MR) is 67.8 cm³/mol. The summed E-state index contributed by atoms with van der Waals surface area (Å²) in [5.74, 6) is 5.44. The highest BCUT2D eigenvalue weighted by molar-refractivity contribution is 5.92. The zero-order valence-corrected chi connectivity index (χ0v) is 10.4. The third kappa shape index (κ3) is 3.14. The van der Waals surface area contributed by atoms with Gasteiger partial charge in [0.1, 0.15) is 5.69 Å². The molecule has 7 heteroatoms. The number of piperidine rings is 1. The maximum atomic E-state index is 11.9. The summed E-state index contributed by atoms with van der Waals surface area (Å²) >= 11 is 0. The van der Waals surface area contributed by atoms with Crippen LogP contribution in [0.15, 0.2) is 12.4 Å². The summed E-state index contributed by atoms with van der Waals surface area (Å²) in [6.07, 6.45) is 4.79. The van der Waals surface area contributed by atoms with Gasteiger partial charge in [-0.15, -0.1) is 0 Å². The molecule has 1 fully saturated rings. The zero-order valence-electron chi connectivity index (χ0n) is 10.4. The summed E-state index contributed by atoms with van der Waals surface area (Å²) in [6, 6.07) is 0.225. The van der Waals surface area contributed by atoms with Gasteiger partial charge in [0, 0.05) is 6.04 Å². The number of nitrogen functional groups attached to an aromatic ring is 1. The van der Waals surface area contributed by atoms with Crippen LogP contribution in [0.25, 0.3) is 0 Å². The molecule has 0 aromatic carbocycles. The molecule has 0 saturated carbocycles. The number of anilines is 1. The molecule has 1 aliphatic heterocycles. The van der Waals surface area contributed by atoms with Crippen LogP contribution >= 0.6 is 0 Å². The summed E-state index contributed by atoms with van der Waals surface area (Å²) in [6.45, 7) is 2.01. The summed E-state index contributed by atoms with van der Waals surface area (Å²) in [4.78, 5) is 22.1. The number of nitrogens with zero attached hydrogens (tertiary/aromatic N) is 3. The molecule has 2 rings (SSSR count). The van der Waals surface area contributed by atoms with E-state index in [2.05, 4.69) is 32.7 Å². The number of hydrazine groups is 1. The van der Waals surface area contributed by atoms with Crippen molar-refractivity contribution in [1.82, 2.24) is 20.2 Å². The van der Waals surface area contributed by atoms with Gasteiger partial charge in [0.2, 0.25) is 0 Å². The molecule has 1 amide bonds. The molecule has 1 aliphatic rings. The van der Waals surface area contributed by atoms with Gasteiger partial charge < -0.3 is 15.6 Å². The SMILES string of the molecule is CN1CCC(NC(=O)c2cnc(NN)cn2)CC1. The fourth-order valence-electron chi connectivity index (χ4n) is 1.93. The Hall–Kier alpha value is -1.73. The van der Waals surface area contributed by atoms with Crippen molar-refractivity contribution in [2.24, 2.45) is 5.84 Å². The molecule has 1 aromatic heterocycles. The Morgan fingerprint density at radius 1 is 1.39 bits per heavy atom. The normalized spacial score (nSPS) is 17.4. The highest BCUT2D eigenvalue weighted by Gasteiger charge is 2.19. The van der Waals surface area contributed by atoms with E-state index in [1.165, 1.54) is 12.4 Å². The third-order valence-electron chi connectivity index (χ3n) is 3.09. The van der Waals surface area contributed by atoms with E-state index in [4.69, 9.17) is 5.84 Å². The van der Waals surface area contributed by atoms with Gasteiger partial charge in [0.25, 0.3) is 5.91 Å². The van der Waals surface area contributed by atoms with Gasteiger partial charge in [-0.3, -0.25) is 4.79 Å². The zero-order chi connectivity index (χ0) is 13.0. The van der Waals surface area contributed by atoms with Crippen molar-refractivity contribution in [3.63, 3.8) is 0 Å². The van der Waals surface area contributed by atoms with Crippen LogP contribution in [0, 0.1) is 0 Å². The molecule has 0 spiro atoms. The number of nitrogens with two attached hydrogens (primary N) is 1. The second-order valence-corrected chi connectivity index (χ2v) is 4.48. The minimum absolute atomic E-state index is 0.180. The van der Waals surface area contributed by atoms with E-state index in [0.29, 0.717) is 11.5 Å². The molecular weight excluding hydrogens is 232 g/mol. The Kier molecular flexibility index (Phi) is 4.06. The van der Waals surface area contributed by atoms with Crippen LogP contribution < -0.4 is 16.6 Å². The predicted octanol–water partition coefficient (Wildman–Crippen LogP) is -0.414. The van der Waals surface area contributed by atoms with Crippen molar-refractivity contribution in [1.29, 1.82) is 0 Å². The average molecular weight is 250 g/mol. The topological polar surface area (TPSA) is 96.2 Å². The van der Waals surface area contributed by atoms with Crippen LogP contribution in [0.5, 0.6) is 0 Å². The number of likely N-dealkylation sites (tertiary alicyclic amines) is 1. The maximum Gasteiger partial charge on any atom is 0.271 e. The molecule has 18 heavy (non-hydrogen) atoms. The van der Waals surface area contributed by atoms with Crippen molar-refractivity contribution >= 4 is 11.7 Å². The van der Waals surface area contributed by atoms with Crippen LogP contribution in [-0.4, -0.2) is 47.0 Å². The fraction of sp³-hybridized carbons (Fsp3) is 0.545. The Balaban J connectivity index is 1.90. The molecule has 1 aromatic rings. The van der Waals surface area contributed by atoms with Crippen LogP contribution in [0.1, 0.15) is 23.3 Å². The Morgan fingerprint density at radius 2 is 2.11 bits per heavy atom. The monoisotopic (exact) mass is 250 g/mol. The quantitative estimate of drug-likeness (QED) is 0.498. The minimum atomic E-state index is -0.180. The van der Waals surface area contributed by atoms with Crippen LogP contribution in [0.2, 0.25) is 0 Å². The number of hydrogen-bond acceptors (Lipinski definition) is 6. The molecule has 0 atom stereocenters. The number of carbonyl (C=O) groups excluding carboxylic acids is 1. The lowest BCUT2D eigenvalue weighted by atomic mass is 10.1. The van der Waals surface area contributed by atoms with Crippen molar-refractivity contribution < 1.29 is 4.79 Å². The number of rotatable bonds is 3. The summed E-state index contributed by atoms with van der Waals surface area (Å²) < 4.78 is 0. The Bertz CT molecular complexity index is 398. The van der Waals surface area contributed by atoms with Gasteiger partial charge in [0.05, 0.1) is 12.4 Å². The van der Waals surface area contributed by atoms with E-state index in [-0.39, 0.29) is 11.9 Å². The Labute approximate surface area is 106 Å². The molecule has 98 valence electrons. The van der Waals surface area contributed by atoms with Gasteiger partial charge in [-0.2, -0.15) is 0 Å². The second kappa shape index (κ2) is 5.74. The molecule has 0 aliphatic carbocycles. The summed E-state index contributed by atoms with van der Waals surface area (Å²) in [5.41, 5.74) is 2.68. The number of carbonyl (C=O) groups is 1. The molecule has 0 radical (unpaired) electrons. The first-order valence-corrected chi connectivity index (χ1v) is 5.97. The molecule has 2 heterocycles. The van der Waals surface area contributed by atoms with Gasteiger partial charge in [0.15, 0.2) is 5.82 Å². The first-order chi connectivity index (χ1) is 8.69. The standard InChI is InChI=1S/C11H18N6O/c1-17-4-2-8(3-5-17)15-11(18)9-6-14-10(16-12)7-13-9/h6-8H,2-5,12H2,1H3,(H,14,16)(H,15,18). The molecule has 0 unspecified atom stereocenters. The number of amides is 1. The van der Waals surface area contributed by atoms with Gasteiger partial charge in [-0.1, -0.05) is 0 Å². The van der Waals surface area contributed by atoms with Crippen LogP contribution in [0.3, 0.4) is 0 Å². The van der Waals surface area contributed by atoms with Crippen molar-refractivity contribution in [3.05, 3.63) is 18.1 Å². The lowest BCUT2D eigenvalue weighted by Crippen LogP contribution is -2.43. The highest BCUT2D eigenvalue weighted by atomic mass is 16.1. The van der Waals surface area contributed by atoms with Gasteiger partial charge in [-0.25, -0.2) is 15.8 Å². The second-order valence-electron chi connectivity index (χ2n) is 4.48. The van der Waals surface area contributed by atoms with Crippen molar-refractivity contribution in [2.75, 3.05) is 25.6 Å². The van der Waals surface area contributed by atoms with E-state index in [1.54, 1.807) is 0 Å². The maximum absolute atomic E-state index is 11.9. The minimum Gasteiger partial charge on any atom is -0.348 e. The molecule has 0 bridgehead atoms. The van der Waals surface area contributed by atoms with E-state index in [9.17, 15) is 4.79 Å². The van der Waals surface area contributed by atoms with Crippen LogP contribution in [-0.2, 0) is 0 Å². The lowest BCUT2D eigenvalue weighted by molar-refractivity contribution is 0.0911. The lowest BCUT2D eigenvalue weighted by Gasteiger charge is -2.29. The first-order valence-electron chi connectivity index (χ1n) is 5.97. The average Bonchev–Trinajstić information content (AvgIpc) is 2.41. The van der Waals surface area contributed by atoms with Gasteiger partial charge in [-0.05, 0) is 33.0 Å². The van der Waals surface area contributed by atoms with E-state index < -0.39 is 0 Å². The number of aromatic nitrogens is 2. The summed E-state index contributed by atoms with van der Waals surface area (Å²) in [5, 5.41) is 2.97. The number of nitrogens with one attached hydrogen (secondary N) is 2. The van der Waals surface area contributed by atoms with Crippen molar-refractivity contribution in [3.8, 4) is 0 Å². The largest absolute Gasteiger partial charge is 0.348 e.